The number of hydrogen-bond acceptors (Lipinski definition) is 8. The standard InChI is InChI=1S/C37H41F6N3O7S/c1-4-9-27-35(53-23-20-28(54-21-23)37(41,42)43,13-8-17-46(27)30(47)29-25(36(38,39)40)11-7-16-44-29)31(48)45-18-14-34(51,15-19-45)24-10-5-6-12-26(24)52-22-33(2,3)32(49)50/h5-7,10-12,16,20-21,27,51H,4,8-9,13-15,17-19,22H2,1-3H3,(H,49,50)/t27-,35+/m1/s1. The molecular weight excluding hydrogens is 744 g/mol. The van der Waals surface area contributed by atoms with Gasteiger partial charge in [-0.05, 0) is 57.7 Å². The van der Waals surface area contributed by atoms with Crippen molar-refractivity contribution in [1.82, 2.24) is 14.8 Å². The van der Waals surface area contributed by atoms with Gasteiger partial charge in [0.1, 0.15) is 28.7 Å². The Hall–Kier alpha value is -4.38. The van der Waals surface area contributed by atoms with Crippen molar-refractivity contribution in [3.05, 3.63) is 75.7 Å². The number of halogens is 6. The van der Waals surface area contributed by atoms with E-state index in [1.165, 1.54) is 18.7 Å². The lowest BCUT2D eigenvalue weighted by molar-refractivity contribution is -0.163. The molecule has 2 N–H and O–H groups in total. The number of rotatable bonds is 11. The number of alkyl halides is 6. The van der Waals surface area contributed by atoms with Crippen molar-refractivity contribution in [2.45, 2.75) is 88.9 Å². The molecule has 2 amide bonds. The molecule has 5 rings (SSSR count). The maximum atomic E-state index is 14.9. The van der Waals surface area contributed by atoms with Crippen LogP contribution in [0.3, 0.4) is 0 Å². The SMILES string of the molecule is CCC[C@H]1N(C(=O)c2ncccc2C(F)(F)F)CCC[C@@]1(Oc1csc(C(F)(F)F)c1)C(=O)N1CCC(O)(c2ccccc2OCC(C)(C)C(=O)O)CC1. The lowest BCUT2D eigenvalue weighted by atomic mass is 9.78. The van der Waals surface area contributed by atoms with Crippen molar-refractivity contribution in [1.29, 1.82) is 0 Å². The molecule has 2 aliphatic rings. The van der Waals surface area contributed by atoms with Gasteiger partial charge in [-0.1, -0.05) is 31.5 Å². The summed E-state index contributed by atoms with van der Waals surface area (Å²) >= 11 is 0.352. The van der Waals surface area contributed by atoms with Gasteiger partial charge in [-0.15, -0.1) is 11.3 Å². The molecule has 2 aliphatic heterocycles. The van der Waals surface area contributed by atoms with Crippen LogP contribution in [0.1, 0.15) is 85.8 Å². The molecule has 0 saturated carbocycles. The van der Waals surface area contributed by atoms with E-state index in [1.54, 1.807) is 31.2 Å². The van der Waals surface area contributed by atoms with Gasteiger partial charge in [0.05, 0.1) is 22.6 Å². The van der Waals surface area contributed by atoms with Gasteiger partial charge in [0, 0.05) is 49.3 Å². The van der Waals surface area contributed by atoms with Crippen LogP contribution in [-0.2, 0) is 27.5 Å². The predicted octanol–water partition coefficient (Wildman–Crippen LogP) is 7.40. The number of carboxylic acids is 1. The fourth-order valence-electron chi connectivity index (χ4n) is 6.99. The fraction of sp³-hybridized carbons (Fsp3) is 0.514. The third kappa shape index (κ3) is 8.31. The Morgan fingerprint density at radius 3 is 2.28 bits per heavy atom. The molecule has 0 bridgehead atoms. The van der Waals surface area contributed by atoms with E-state index in [0.717, 1.165) is 34.7 Å². The molecule has 2 fully saturated rings. The minimum absolute atomic E-state index is 0.0296. The highest BCUT2D eigenvalue weighted by molar-refractivity contribution is 7.10. The number of aliphatic hydroxyl groups is 1. The first kappa shape index (κ1) is 40.8. The minimum Gasteiger partial charge on any atom is -0.492 e. The van der Waals surface area contributed by atoms with E-state index in [-0.39, 0.29) is 69.8 Å². The second-order valence-corrected chi connectivity index (χ2v) is 15.1. The second kappa shape index (κ2) is 15.4. The number of carboxylic acid groups (broad SMARTS) is 1. The number of likely N-dealkylation sites (tertiary alicyclic amines) is 2. The number of nitrogens with zero attached hydrogens (tertiary/aromatic N) is 3. The van der Waals surface area contributed by atoms with Crippen LogP contribution in [0, 0.1) is 5.41 Å². The molecule has 2 saturated heterocycles. The largest absolute Gasteiger partial charge is 0.492 e. The maximum Gasteiger partial charge on any atom is 0.425 e. The molecule has 1 aromatic carbocycles. The van der Waals surface area contributed by atoms with Gasteiger partial charge in [0.2, 0.25) is 5.60 Å². The number of pyridine rings is 1. The smallest absolute Gasteiger partial charge is 0.425 e. The van der Waals surface area contributed by atoms with Crippen molar-refractivity contribution >= 4 is 29.1 Å². The number of carbonyl (C=O) groups excluding carboxylic acids is 2. The molecule has 4 heterocycles. The van der Waals surface area contributed by atoms with Gasteiger partial charge < -0.3 is 29.5 Å². The van der Waals surface area contributed by atoms with Crippen LogP contribution in [0.25, 0.3) is 0 Å². The van der Waals surface area contributed by atoms with Crippen LogP contribution in [0.15, 0.2) is 54.0 Å². The number of carbonyl (C=O) groups is 3. The summed E-state index contributed by atoms with van der Waals surface area (Å²) in [6.45, 7) is 4.31. The minimum atomic E-state index is -4.93. The summed E-state index contributed by atoms with van der Waals surface area (Å²) in [4.78, 5) is 45.8. The molecule has 2 aromatic heterocycles. The number of piperidine rings is 2. The third-order valence-electron chi connectivity index (χ3n) is 9.95. The van der Waals surface area contributed by atoms with Crippen LogP contribution in [0.5, 0.6) is 11.5 Å². The molecule has 0 unspecified atom stereocenters. The van der Waals surface area contributed by atoms with Crippen LogP contribution in [-0.4, -0.2) is 80.7 Å². The molecule has 0 aliphatic carbocycles. The van der Waals surface area contributed by atoms with E-state index in [0.29, 0.717) is 23.3 Å². The van der Waals surface area contributed by atoms with Crippen molar-refractivity contribution in [2.24, 2.45) is 5.41 Å². The zero-order valence-electron chi connectivity index (χ0n) is 29.8. The summed E-state index contributed by atoms with van der Waals surface area (Å²) in [5.74, 6) is -2.90. The summed E-state index contributed by atoms with van der Waals surface area (Å²) in [6, 6.07) is 7.88. The van der Waals surface area contributed by atoms with Crippen LogP contribution in [0.4, 0.5) is 26.3 Å². The first-order valence-electron chi connectivity index (χ1n) is 17.4. The van der Waals surface area contributed by atoms with Crippen molar-refractivity contribution in [3.8, 4) is 11.5 Å². The summed E-state index contributed by atoms with van der Waals surface area (Å²) < 4.78 is 95.3. The predicted molar refractivity (Wildman–Crippen MR) is 184 cm³/mol. The topological polar surface area (TPSA) is 130 Å². The van der Waals surface area contributed by atoms with Gasteiger partial charge >= 0.3 is 18.3 Å². The number of para-hydroxylation sites is 1. The van der Waals surface area contributed by atoms with Crippen LogP contribution >= 0.6 is 11.3 Å². The Labute approximate surface area is 311 Å². The van der Waals surface area contributed by atoms with E-state index >= 15 is 0 Å². The van der Waals surface area contributed by atoms with Gasteiger partial charge in [-0.3, -0.25) is 19.4 Å². The van der Waals surface area contributed by atoms with Crippen molar-refractivity contribution in [3.63, 3.8) is 0 Å². The number of ether oxygens (including phenoxy) is 2. The lowest BCUT2D eigenvalue weighted by Crippen LogP contribution is -2.68. The zero-order valence-corrected chi connectivity index (χ0v) is 30.6. The second-order valence-electron chi connectivity index (χ2n) is 14.2. The highest BCUT2D eigenvalue weighted by Gasteiger charge is 2.57. The van der Waals surface area contributed by atoms with Gasteiger partial charge in [0.15, 0.2) is 0 Å². The number of aliphatic carboxylic acids is 1. The van der Waals surface area contributed by atoms with E-state index in [4.69, 9.17) is 9.47 Å². The van der Waals surface area contributed by atoms with Gasteiger partial charge in [-0.2, -0.15) is 26.3 Å². The molecule has 17 heteroatoms. The Balaban J connectivity index is 1.49. The summed E-state index contributed by atoms with van der Waals surface area (Å²) in [5, 5.41) is 22.5. The monoisotopic (exact) mass is 785 g/mol. The Kier molecular flexibility index (Phi) is 11.6. The fourth-order valence-corrected chi connectivity index (χ4v) is 7.67. The molecule has 0 radical (unpaired) electrons. The lowest BCUT2D eigenvalue weighted by Gasteiger charge is -2.51. The number of hydrogen-bond donors (Lipinski definition) is 2. The molecule has 3 aromatic rings. The number of amides is 2. The Bertz CT molecular complexity index is 1840. The van der Waals surface area contributed by atoms with Crippen LogP contribution < -0.4 is 9.47 Å². The zero-order chi connectivity index (χ0) is 39.7. The average Bonchev–Trinajstić information content (AvgIpc) is 3.60. The number of benzene rings is 1. The third-order valence-corrected chi connectivity index (χ3v) is 10.9. The number of thiophene rings is 1. The molecule has 294 valence electrons. The molecule has 10 nitrogen and oxygen atoms in total. The van der Waals surface area contributed by atoms with E-state index in [1.807, 2.05) is 0 Å². The number of aromatic nitrogens is 1. The summed E-state index contributed by atoms with van der Waals surface area (Å²) in [7, 11) is 0. The van der Waals surface area contributed by atoms with Crippen LogP contribution in [0.2, 0.25) is 0 Å². The quantitative estimate of drug-likeness (QED) is 0.193. The normalized spacial score (nSPS) is 20.7. The van der Waals surface area contributed by atoms with E-state index < -0.39 is 68.9 Å². The summed E-state index contributed by atoms with van der Waals surface area (Å²) in [5.41, 5.74) is -6.56. The first-order chi connectivity index (χ1) is 25.2. The summed E-state index contributed by atoms with van der Waals surface area (Å²) in [6.07, 6.45) is -8.27. The van der Waals surface area contributed by atoms with Gasteiger partial charge in [-0.25, -0.2) is 0 Å². The first-order valence-corrected chi connectivity index (χ1v) is 18.3. The molecule has 2 atom stereocenters. The molecule has 54 heavy (non-hydrogen) atoms. The molecular formula is C37H41F6N3O7S. The van der Waals surface area contributed by atoms with Crippen molar-refractivity contribution in [2.75, 3.05) is 26.2 Å². The van der Waals surface area contributed by atoms with Crippen molar-refractivity contribution < 1.29 is 60.4 Å². The molecule has 0 spiro atoms. The maximum absolute atomic E-state index is 14.9. The van der Waals surface area contributed by atoms with E-state index in [9.17, 15) is 50.9 Å². The Morgan fingerprint density at radius 2 is 1.67 bits per heavy atom. The Morgan fingerprint density at radius 1 is 0.981 bits per heavy atom. The highest BCUT2D eigenvalue weighted by Crippen LogP contribution is 2.44. The van der Waals surface area contributed by atoms with Gasteiger partial charge in [0.25, 0.3) is 11.8 Å². The highest BCUT2D eigenvalue weighted by atomic mass is 32.1. The van der Waals surface area contributed by atoms with E-state index in [2.05, 4.69) is 4.98 Å². The average molecular weight is 786 g/mol.